The second-order valence-corrected chi connectivity index (χ2v) is 5.18. The molecule has 0 saturated heterocycles. The molecule has 0 aliphatic rings. The summed E-state index contributed by atoms with van der Waals surface area (Å²) in [6, 6.07) is 3.29. The number of halogens is 2. The van der Waals surface area contributed by atoms with Gasteiger partial charge in [0, 0.05) is 13.5 Å². The first-order valence-corrected chi connectivity index (χ1v) is 6.96. The van der Waals surface area contributed by atoms with Crippen LogP contribution in [-0.2, 0) is 9.59 Å². The minimum atomic E-state index is -0.879. The maximum atomic E-state index is 13.7. The molecule has 122 valence electrons. The third-order valence-corrected chi connectivity index (χ3v) is 2.99. The average Bonchev–Trinajstić information content (AvgIpc) is 2.42. The Labute approximate surface area is 128 Å². The summed E-state index contributed by atoms with van der Waals surface area (Å²) in [4.78, 5) is 26.2. The zero-order chi connectivity index (χ0) is 16.7. The Morgan fingerprint density at radius 2 is 1.77 bits per heavy atom. The molecule has 1 aromatic rings. The molecular formula is C15H21F2N3O2. The van der Waals surface area contributed by atoms with Crippen molar-refractivity contribution in [1.82, 2.24) is 10.2 Å². The maximum Gasteiger partial charge on any atom is 0.240 e. The van der Waals surface area contributed by atoms with Crippen LogP contribution in [0.1, 0.15) is 13.3 Å². The summed E-state index contributed by atoms with van der Waals surface area (Å²) in [6.45, 7) is 1.97. The Balaban J connectivity index is 2.69. The third kappa shape index (κ3) is 5.40. The second-order valence-electron chi connectivity index (χ2n) is 5.18. The molecule has 0 unspecified atom stereocenters. The molecule has 0 atom stereocenters. The van der Waals surface area contributed by atoms with E-state index >= 15 is 0 Å². The van der Waals surface area contributed by atoms with Gasteiger partial charge in [-0.25, -0.2) is 8.78 Å². The minimum absolute atomic E-state index is 0.421. The van der Waals surface area contributed by atoms with Crippen LogP contribution in [0, 0.1) is 11.6 Å². The van der Waals surface area contributed by atoms with Crippen molar-refractivity contribution < 1.29 is 18.4 Å². The van der Waals surface area contributed by atoms with E-state index in [0.29, 0.717) is 6.54 Å². The average molecular weight is 313 g/mol. The molecule has 5 nitrogen and oxygen atoms in total. The molecule has 0 aliphatic carbocycles. The van der Waals surface area contributed by atoms with Gasteiger partial charge in [0.2, 0.25) is 11.8 Å². The van der Waals surface area contributed by atoms with E-state index < -0.39 is 35.7 Å². The fourth-order valence-electron chi connectivity index (χ4n) is 1.92. The van der Waals surface area contributed by atoms with Crippen LogP contribution >= 0.6 is 0 Å². The van der Waals surface area contributed by atoms with Crippen LogP contribution in [0.5, 0.6) is 0 Å². The molecule has 0 spiro atoms. The van der Waals surface area contributed by atoms with E-state index in [9.17, 15) is 18.4 Å². The SMILES string of the molecule is CC(=O)N(CC(=O)NCCCN(C)C)c1c(F)cccc1F. The van der Waals surface area contributed by atoms with Gasteiger partial charge in [0.15, 0.2) is 0 Å². The number of benzene rings is 1. The van der Waals surface area contributed by atoms with Crippen molar-refractivity contribution in [3.8, 4) is 0 Å². The van der Waals surface area contributed by atoms with E-state index in [0.717, 1.165) is 36.9 Å². The molecule has 0 radical (unpaired) electrons. The number of hydrogen-bond acceptors (Lipinski definition) is 3. The number of nitrogens with zero attached hydrogens (tertiary/aromatic N) is 2. The highest BCUT2D eigenvalue weighted by Crippen LogP contribution is 2.23. The molecule has 0 fully saturated rings. The van der Waals surface area contributed by atoms with Gasteiger partial charge in [0.05, 0.1) is 0 Å². The summed E-state index contributed by atoms with van der Waals surface area (Å²) >= 11 is 0. The van der Waals surface area contributed by atoms with Gasteiger partial charge in [-0.1, -0.05) is 6.07 Å². The molecule has 2 amide bonds. The standard InChI is InChI=1S/C15H21F2N3O2/c1-11(21)20(15-12(16)6-4-7-13(15)17)10-14(22)18-8-5-9-19(2)3/h4,6-7H,5,8-10H2,1-3H3,(H,18,22). The van der Waals surface area contributed by atoms with Crippen molar-refractivity contribution >= 4 is 17.5 Å². The van der Waals surface area contributed by atoms with Gasteiger partial charge in [-0.3, -0.25) is 14.5 Å². The van der Waals surface area contributed by atoms with Crippen LogP contribution in [0.2, 0.25) is 0 Å². The molecule has 1 N–H and O–H groups in total. The molecule has 0 bridgehead atoms. The van der Waals surface area contributed by atoms with Gasteiger partial charge in [-0.05, 0) is 39.2 Å². The van der Waals surface area contributed by atoms with Crippen molar-refractivity contribution in [2.24, 2.45) is 0 Å². The van der Waals surface area contributed by atoms with Gasteiger partial charge in [0.25, 0.3) is 0 Å². The fraction of sp³-hybridized carbons (Fsp3) is 0.467. The highest BCUT2D eigenvalue weighted by molar-refractivity contribution is 5.97. The number of carbonyl (C=O) groups is 2. The number of hydrogen-bond donors (Lipinski definition) is 1. The molecular weight excluding hydrogens is 292 g/mol. The van der Waals surface area contributed by atoms with Crippen LogP contribution in [0.15, 0.2) is 18.2 Å². The maximum absolute atomic E-state index is 13.7. The molecule has 0 saturated carbocycles. The normalized spacial score (nSPS) is 10.6. The van der Waals surface area contributed by atoms with Gasteiger partial charge < -0.3 is 10.2 Å². The van der Waals surface area contributed by atoms with Crippen molar-refractivity contribution in [2.75, 3.05) is 38.6 Å². The van der Waals surface area contributed by atoms with Crippen molar-refractivity contribution in [2.45, 2.75) is 13.3 Å². The Morgan fingerprint density at radius 3 is 2.27 bits per heavy atom. The molecule has 0 heterocycles. The summed E-state index contributed by atoms with van der Waals surface area (Å²) in [5, 5.41) is 2.63. The van der Waals surface area contributed by atoms with E-state index in [1.807, 2.05) is 19.0 Å². The van der Waals surface area contributed by atoms with E-state index in [1.54, 1.807) is 0 Å². The Morgan fingerprint density at radius 1 is 1.18 bits per heavy atom. The van der Waals surface area contributed by atoms with Crippen molar-refractivity contribution in [3.63, 3.8) is 0 Å². The highest BCUT2D eigenvalue weighted by Gasteiger charge is 2.22. The molecule has 0 aliphatic heterocycles. The van der Waals surface area contributed by atoms with Gasteiger partial charge in [-0.2, -0.15) is 0 Å². The van der Waals surface area contributed by atoms with Gasteiger partial charge in [0.1, 0.15) is 23.9 Å². The monoisotopic (exact) mass is 313 g/mol. The number of amides is 2. The lowest BCUT2D eigenvalue weighted by Gasteiger charge is -2.21. The number of carbonyl (C=O) groups excluding carboxylic acids is 2. The lowest BCUT2D eigenvalue weighted by Crippen LogP contribution is -2.41. The summed E-state index contributed by atoms with van der Waals surface area (Å²) in [5.41, 5.74) is -0.501. The third-order valence-electron chi connectivity index (χ3n) is 2.99. The molecule has 1 rings (SSSR count). The zero-order valence-electron chi connectivity index (χ0n) is 13.0. The minimum Gasteiger partial charge on any atom is -0.355 e. The van der Waals surface area contributed by atoms with Crippen LogP contribution in [0.25, 0.3) is 0 Å². The van der Waals surface area contributed by atoms with E-state index in [-0.39, 0.29) is 0 Å². The number of rotatable bonds is 7. The molecule has 0 aromatic heterocycles. The topological polar surface area (TPSA) is 52.7 Å². The van der Waals surface area contributed by atoms with Gasteiger partial charge >= 0.3 is 0 Å². The Bertz CT molecular complexity index is 515. The predicted molar refractivity (Wildman–Crippen MR) is 80.6 cm³/mol. The first kappa shape index (κ1) is 18.0. The predicted octanol–water partition coefficient (Wildman–Crippen LogP) is 1.39. The Hall–Kier alpha value is -2.02. The quantitative estimate of drug-likeness (QED) is 0.774. The van der Waals surface area contributed by atoms with E-state index in [1.165, 1.54) is 6.07 Å². The van der Waals surface area contributed by atoms with Crippen LogP contribution in [0.3, 0.4) is 0 Å². The molecule has 7 heteroatoms. The summed E-state index contributed by atoms with van der Waals surface area (Å²) < 4.78 is 27.5. The largest absolute Gasteiger partial charge is 0.355 e. The van der Waals surface area contributed by atoms with Crippen molar-refractivity contribution in [3.05, 3.63) is 29.8 Å². The summed E-state index contributed by atoms with van der Waals surface area (Å²) in [6.07, 6.45) is 0.743. The molecule has 1 aromatic carbocycles. The lowest BCUT2D eigenvalue weighted by molar-refractivity contribution is -0.123. The number of para-hydroxylation sites is 1. The number of nitrogens with one attached hydrogen (secondary N) is 1. The van der Waals surface area contributed by atoms with E-state index in [4.69, 9.17) is 0 Å². The smallest absolute Gasteiger partial charge is 0.240 e. The highest BCUT2D eigenvalue weighted by atomic mass is 19.1. The first-order chi connectivity index (χ1) is 10.3. The zero-order valence-corrected chi connectivity index (χ0v) is 13.0. The van der Waals surface area contributed by atoms with Crippen LogP contribution in [0.4, 0.5) is 14.5 Å². The molecule has 22 heavy (non-hydrogen) atoms. The summed E-state index contributed by atoms with van der Waals surface area (Å²) in [7, 11) is 3.83. The Kier molecular flexibility index (Phi) is 6.91. The van der Waals surface area contributed by atoms with Crippen LogP contribution < -0.4 is 10.2 Å². The second kappa shape index (κ2) is 8.43. The van der Waals surface area contributed by atoms with Gasteiger partial charge in [-0.15, -0.1) is 0 Å². The lowest BCUT2D eigenvalue weighted by atomic mass is 10.2. The first-order valence-electron chi connectivity index (χ1n) is 6.96. The fourth-order valence-corrected chi connectivity index (χ4v) is 1.92. The summed E-state index contributed by atoms with van der Waals surface area (Å²) in [5.74, 6) is -2.82. The number of anilines is 1. The van der Waals surface area contributed by atoms with Crippen LogP contribution in [-0.4, -0.2) is 50.4 Å². The van der Waals surface area contributed by atoms with E-state index in [2.05, 4.69) is 5.32 Å². The van der Waals surface area contributed by atoms with Crippen molar-refractivity contribution in [1.29, 1.82) is 0 Å².